The number of nitrogen functional groups attached to an aromatic ring is 1. The van der Waals surface area contributed by atoms with Gasteiger partial charge in [-0.1, -0.05) is 17.3 Å². The van der Waals surface area contributed by atoms with Gasteiger partial charge in [0.15, 0.2) is 0 Å². The van der Waals surface area contributed by atoms with Crippen LogP contribution in [0.25, 0.3) is 11.4 Å². The molecule has 0 aliphatic heterocycles. The van der Waals surface area contributed by atoms with Crippen molar-refractivity contribution in [1.29, 1.82) is 0 Å². The van der Waals surface area contributed by atoms with Gasteiger partial charge in [-0.05, 0) is 18.6 Å². The van der Waals surface area contributed by atoms with E-state index in [2.05, 4.69) is 15.5 Å². The molecule has 7 nitrogen and oxygen atoms in total. The Hall–Kier alpha value is -2.57. The van der Waals surface area contributed by atoms with Crippen LogP contribution in [0.3, 0.4) is 0 Å². The molecule has 1 heterocycles. The molecule has 1 amide bonds. The van der Waals surface area contributed by atoms with Crippen LogP contribution in [0.1, 0.15) is 11.5 Å². The summed E-state index contributed by atoms with van der Waals surface area (Å²) in [5.41, 5.74) is 8.12. The van der Waals surface area contributed by atoms with E-state index in [1.165, 1.54) is 0 Å². The van der Waals surface area contributed by atoms with Gasteiger partial charge >= 0.3 is 6.09 Å². The number of aromatic nitrogens is 2. The number of carboxylic acid groups (broad SMARTS) is 1. The molecule has 0 aliphatic carbocycles. The lowest BCUT2D eigenvalue weighted by Gasteiger charge is -2.00. The van der Waals surface area contributed by atoms with Crippen LogP contribution in [0.2, 0.25) is 0 Å². The van der Waals surface area contributed by atoms with Crippen LogP contribution in [0, 0.1) is 6.92 Å². The highest BCUT2D eigenvalue weighted by atomic mass is 16.5. The summed E-state index contributed by atoms with van der Waals surface area (Å²) >= 11 is 0. The molecule has 94 valence electrons. The average molecular weight is 248 g/mol. The van der Waals surface area contributed by atoms with Crippen molar-refractivity contribution in [3.05, 3.63) is 29.7 Å². The molecule has 2 aromatic rings. The average Bonchev–Trinajstić information content (AvgIpc) is 2.79. The van der Waals surface area contributed by atoms with E-state index in [-0.39, 0.29) is 12.4 Å². The second-order valence-corrected chi connectivity index (χ2v) is 3.74. The van der Waals surface area contributed by atoms with Crippen molar-refractivity contribution in [3.8, 4) is 11.4 Å². The Bertz CT molecular complexity index is 579. The van der Waals surface area contributed by atoms with Crippen LogP contribution in [-0.4, -0.2) is 21.3 Å². The maximum atomic E-state index is 10.3. The van der Waals surface area contributed by atoms with Crippen molar-refractivity contribution in [2.45, 2.75) is 13.5 Å². The molecule has 2 rings (SSSR count). The number of anilines is 1. The smallest absolute Gasteiger partial charge is 0.405 e. The highest BCUT2D eigenvalue weighted by Gasteiger charge is 2.10. The number of hydrogen-bond acceptors (Lipinski definition) is 5. The first-order chi connectivity index (χ1) is 8.56. The molecule has 7 heteroatoms. The monoisotopic (exact) mass is 248 g/mol. The minimum absolute atomic E-state index is 0.0241. The third kappa shape index (κ3) is 2.57. The lowest BCUT2D eigenvalue weighted by molar-refractivity contribution is 0.192. The zero-order valence-electron chi connectivity index (χ0n) is 9.67. The van der Waals surface area contributed by atoms with Gasteiger partial charge in [-0.25, -0.2) is 4.79 Å². The molecule has 1 aromatic heterocycles. The van der Waals surface area contributed by atoms with Crippen LogP contribution in [0.4, 0.5) is 10.5 Å². The van der Waals surface area contributed by atoms with Crippen LogP contribution in [0.5, 0.6) is 0 Å². The fraction of sp³-hybridized carbons (Fsp3) is 0.182. The van der Waals surface area contributed by atoms with Crippen molar-refractivity contribution in [2.24, 2.45) is 0 Å². The Balaban J connectivity index is 2.18. The Kier molecular flexibility index (Phi) is 3.13. The summed E-state index contributed by atoms with van der Waals surface area (Å²) in [5.74, 6) is 0.579. The molecule has 0 radical (unpaired) electrons. The first-order valence-corrected chi connectivity index (χ1v) is 5.22. The number of amides is 1. The predicted octanol–water partition coefficient (Wildman–Crippen LogP) is 1.39. The quantitative estimate of drug-likeness (QED) is 0.707. The van der Waals surface area contributed by atoms with Gasteiger partial charge in [-0.15, -0.1) is 0 Å². The maximum Gasteiger partial charge on any atom is 0.405 e. The minimum Gasteiger partial charge on any atom is -0.465 e. The maximum absolute atomic E-state index is 10.3. The number of benzene rings is 1. The Morgan fingerprint density at radius 2 is 2.33 bits per heavy atom. The third-order valence-corrected chi connectivity index (χ3v) is 2.40. The second-order valence-electron chi connectivity index (χ2n) is 3.74. The Morgan fingerprint density at radius 1 is 1.56 bits per heavy atom. The lowest BCUT2D eigenvalue weighted by atomic mass is 10.1. The fourth-order valence-electron chi connectivity index (χ4n) is 1.37. The van der Waals surface area contributed by atoms with Crippen molar-refractivity contribution < 1.29 is 14.4 Å². The third-order valence-electron chi connectivity index (χ3n) is 2.40. The molecule has 0 fully saturated rings. The SMILES string of the molecule is Cc1ccc(-c2noc(CNC(=O)O)n2)cc1N. The molecule has 1 aromatic carbocycles. The topological polar surface area (TPSA) is 114 Å². The summed E-state index contributed by atoms with van der Waals surface area (Å²) in [4.78, 5) is 14.4. The van der Waals surface area contributed by atoms with Gasteiger partial charge in [-0.2, -0.15) is 4.98 Å². The molecule has 0 unspecified atom stereocenters. The zero-order chi connectivity index (χ0) is 13.1. The molecular weight excluding hydrogens is 236 g/mol. The normalized spacial score (nSPS) is 10.3. The van der Waals surface area contributed by atoms with Gasteiger partial charge in [0.2, 0.25) is 11.7 Å². The van der Waals surface area contributed by atoms with E-state index < -0.39 is 6.09 Å². The fourth-order valence-corrected chi connectivity index (χ4v) is 1.37. The molecule has 0 saturated carbocycles. The van der Waals surface area contributed by atoms with Crippen molar-refractivity contribution in [2.75, 3.05) is 5.73 Å². The molecule has 0 bridgehead atoms. The lowest BCUT2D eigenvalue weighted by Crippen LogP contribution is -2.20. The highest BCUT2D eigenvalue weighted by Crippen LogP contribution is 2.21. The van der Waals surface area contributed by atoms with Crippen molar-refractivity contribution in [3.63, 3.8) is 0 Å². The summed E-state index contributed by atoms with van der Waals surface area (Å²) < 4.78 is 4.91. The first-order valence-electron chi connectivity index (χ1n) is 5.22. The molecule has 0 spiro atoms. The summed E-state index contributed by atoms with van der Waals surface area (Å²) in [6.45, 7) is 1.88. The summed E-state index contributed by atoms with van der Waals surface area (Å²) in [7, 11) is 0. The first kappa shape index (κ1) is 11.9. The van der Waals surface area contributed by atoms with E-state index in [4.69, 9.17) is 15.4 Å². The van der Waals surface area contributed by atoms with Crippen LogP contribution in [-0.2, 0) is 6.54 Å². The largest absolute Gasteiger partial charge is 0.465 e. The van der Waals surface area contributed by atoms with Gasteiger partial charge in [-0.3, -0.25) is 0 Å². The van der Waals surface area contributed by atoms with E-state index in [1.807, 2.05) is 19.1 Å². The van der Waals surface area contributed by atoms with Crippen molar-refractivity contribution >= 4 is 11.8 Å². The number of rotatable bonds is 3. The Labute approximate surface area is 103 Å². The van der Waals surface area contributed by atoms with Gasteiger partial charge in [0.1, 0.15) is 6.54 Å². The standard InChI is InChI=1S/C11H12N4O3/c1-6-2-3-7(4-8(6)12)10-14-9(18-15-10)5-13-11(16)17/h2-4,13H,5,12H2,1H3,(H,16,17). The van der Waals surface area contributed by atoms with E-state index in [9.17, 15) is 4.79 Å². The number of aryl methyl sites for hydroxylation is 1. The van der Waals surface area contributed by atoms with E-state index in [0.29, 0.717) is 11.5 Å². The van der Waals surface area contributed by atoms with Gasteiger partial charge < -0.3 is 20.7 Å². The van der Waals surface area contributed by atoms with Crippen LogP contribution >= 0.6 is 0 Å². The molecule has 0 aliphatic rings. The summed E-state index contributed by atoms with van der Waals surface area (Å²) in [5, 5.41) is 14.4. The summed E-state index contributed by atoms with van der Waals surface area (Å²) in [6, 6.07) is 5.43. The van der Waals surface area contributed by atoms with Crippen LogP contribution in [0.15, 0.2) is 22.7 Å². The van der Waals surface area contributed by atoms with Gasteiger partial charge in [0, 0.05) is 11.3 Å². The highest BCUT2D eigenvalue weighted by molar-refractivity contribution is 5.64. The van der Waals surface area contributed by atoms with E-state index in [0.717, 1.165) is 11.1 Å². The number of nitrogens with zero attached hydrogens (tertiary/aromatic N) is 2. The number of hydrogen-bond donors (Lipinski definition) is 3. The van der Waals surface area contributed by atoms with Gasteiger partial charge in [0.25, 0.3) is 0 Å². The number of nitrogens with two attached hydrogens (primary N) is 1. The zero-order valence-corrected chi connectivity index (χ0v) is 9.67. The Morgan fingerprint density at radius 3 is 3.00 bits per heavy atom. The molecular formula is C11H12N4O3. The van der Waals surface area contributed by atoms with E-state index in [1.54, 1.807) is 6.07 Å². The van der Waals surface area contributed by atoms with E-state index >= 15 is 0 Å². The molecule has 18 heavy (non-hydrogen) atoms. The molecule has 4 N–H and O–H groups in total. The van der Waals surface area contributed by atoms with Crippen molar-refractivity contribution in [1.82, 2.24) is 15.5 Å². The number of carbonyl (C=O) groups is 1. The van der Waals surface area contributed by atoms with Crippen LogP contribution < -0.4 is 11.1 Å². The van der Waals surface area contributed by atoms with Gasteiger partial charge in [0.05, 0.1) is 0 Å². The number of nitrogens with one attached hydrogen (secondary N) is 1. The summed E-state index contributed by atoms with van der Waals surface area (Å²) in [6.07, 6.45) is -1.14. The molecule has 0 atom stereocenters. The minimum atomic E-state index is -1.14. The molecule has 0 saturated heterocycles. The predicted molar refractivity (Wildman–Crippen MR) is 63.7 cm³/mol. The second kappa shape index (κ2) is 4.74.